The van der Waals surface area contributed by atoms with Crippen molar-refractivity contribution in [2.75, 3.05) is 25.5 Å². The van der Waals surface area contributed by atoms with Crippen molar-refractivity contribution in [1.29, 1.82) is 0 Å². The molecule has 164 valence electrons. The second kappa shape index (κ2) is 8.96. The Labute approximate surface area is 183 Å². The van der Waals surface area contributed by atoms with Crippen LogP contribution in [-0.4, -0.2) is 45.7 Å². The molecule has 1 atom stereocenters. The Hall–Kier alpha value is -3.09. The minimum atomic E-state index is -0.0480. The maximum Gasteiger partial charge on any atom is 0.321 e. The second-order valence-electron chi connectivity index (χ2n) is 8.79. The number of methoxy groups -OCH3 is 1. The molecule has 3 heterocycles. The molecule has 3 aromatic rings. The van der Waals surface area contributed by atoms with Crippen LogP contribution in [0.2, 0.25) is 0 Å². The smallest absolute Gasteiger partial charge is 0.321 e. The number of urea groups is 1. The molecule has 0 unspecified atom stereocenters. The van der Waals surface area contributed by atoms with Gasteiger partial charge in [-0.2, -0.15) is 0 Å². The van der Waals surface area contributed by atoms with Gasteiger partial charge in [-0.05, 0) is 61.1 Å². The molecule has 0 bridgehead atoms. The summed E-state index contributed by atoms with van der Waals surface area (Å²) in [5.41, 5.74) is 3.70. The first-order chi connectivity index (χ1) is 14.9. The molecule has 0 aliphatic carbocycles. The molecule has 1 aliphatic heterocycles. The Bertz CT molecular complexity index is 1080. The van der Waals surface area contributed by atoms with Gasteiger partial charge in [-0.25, -0.2) is 14.8 Å². The normalized spacial score (nSPS) is 16.3. The number of nitrogens with zero attached hydrogens (tertiary/aromatic N) is 4. The predicted molar refractivity (Wildman–Crippen MR) is 122 cm³/mol. The summed E-state index contributed by atoms with van der Waals surface area (Å²) in [6.45, 7) is 8.78. The lowest BCUT2D eigenvalue weighted by molar-refractivity contribution is 0.220. The lowest BCUT2D eigenvalue weighted by Crippen LogP contribution is -2.33. The van der Waals surface area contributed by atoms with Crippen LogP contribution in [0.5, 0.6) is 5.75 Å². The summed E-state index contributed by atoms with van der Waals surface area (Å²) >= 11 is 0. The maximum atomic E-state index is 12.8. The van der Waals surface area contributed by atoms with Gasteiger partial charge in [-0.15, -0.1) is 0 Å². The number of carbonyl (C=O) groups excluding carboxylic acids is 1. The molecule has 7 heteroatoms. The SMILES string of the molecule is COc1ccc(NC(=O)N2CC[C@H](Cc3nc4cccnc4n3CC(C)C)C2)c(C)c1. The molecule has 1 saturated heterocycles. The highest BCUT2D eigenvalue weighted by atomic mass is 16.5. The van der Waals surface area contributed by atoms with Crippen molar-refractivity contribution in [2.45, 2.75) is 40.2 Å². The van der Waals surface area contributed by atoms with Crippen LogP contribution in [0.15, 0.2) is 36.5 Å². The largest absolute Gasteiger partial charge is 0.497 e. The lowest BCUT2D eigenvalue weighted by atomic mass is 10.0. The zero-order valence-electron chi connectivity index (χ0n) is 18.8. The number of ether oxygens (including phenoxy) is 1. The van der Waals surface area contributed by atoms with Crippen molar-refractivity contribution in [3.05, 3.63) is 47.9 Å². The lowest BCUT2D eigenvalue weighted by Gasteiger charge is -2.19. The number of aromatic nitrogens is 3. The zero-order valence-corrected chi connectivity index (χ0v) is 18.8. The fourth-order valence-electron chi connectivity index (χ4n) is 4.26. The summed E-state index contributed by atoms with van der Waals surface area (Å²) in [7, 11) is 1.64. The molecule has 0 spiro atoms. The molecule has 2 amide bonds. The van der Waals surface area contributed by atoms with Crippen molar-refractivity contribution >= 4 is 22.9 Å². The number of nitrogens with one attached hydrogen (secondary N) is 1. The third kappa shape index (κ3) is 4.65. The van der Waals surface area contributed by atoms with E-state index in [1.165, 1.54) is 0 Å². The van der Waals surface area contributed by atoms with Crippen LogP contribution in [-0.2, 0) is 13.0 Å². The van der Waals surface area contributed by atoms with Crippen LogP contribution in [0.1, 0.15) is 31.7 Å². The van der Waals surface area contributed by atoms with E-state index in [0.29, 0.717) is 11.8 Å². The molecule has 0 saturated carbocycles. The number of amides is 2. The van der Waals surface area contributed by atoms with Crippen molar-refractivity contribution < 1.29 is 9.53 Å². The van der Waals surface area contributed by atoms with Crippen LogP contribution in [0.25, 0.3) is 11.2 Å². The maximum absolute atomic E-state index is 12.8. The number of benzene rings is 1. The average molecular weight is 422 g/mol. The van der Waals surface area contributed by atoms with Gasteiger partial charge in [0.25, 0.3) is 0 Å². The van der Waals surface area contributed by atoms with Crippen molar-refractivity contribution in [2.24, 2.45) is 11.8 Å². The van der Waals surface area contributed by atoms with Crippen LogP contribution in [0.3, 0.4) is 0 Å². The number of likely N-dealkylation sites (tertiary alicyclic amines) is 1. The predicted octanol–water partition coefficient (Wildman–Crippen LogP) is 4.50. The topological polar surface area (TPSA) is 72.3 Å². The summed E-state index contributed by atoms with van der Waals surface area (Å²) in [4.78, 5) is 24.2. The van der Waals surface area contributed by atoms with Gasteiger partial charge in [0.2, 0.25) is 0 Å². The number of carbonyl (C=O) groups is 1. The first-order valence-electron chi connectivity index (χ1n) is 10.9. The third-order valence-corrected chi connectivity index (χ3v) is 5.85. The van der Waals surface area contributed by atoms with Crippen LogP contribution >= 0.6 is 0 Å². The van der Waals surface area contributed by atoms with Crippen LogP contribution in [0, 0.1) is 18.8 Å². The molecule has 1 fully saturated rings. The van der Waals surface area contributed by atoms with Gasteiger partial charge in [-0.3, -0.25) is 0 Å². The van der Waals surface area contributed by atoms with E-state index < -0.39 is 0 Å². The zero-order chi connectivity index (χ0) is 22.0. The number of hydrogen-bond acceptors (Lipinski definition) is 4. The molecule has 31 heavy (non-hydrogen) atoms. The minimum Gasteiger partial charge on any atom is -0.497 e. The molecule has 4 rings (SSSR count). The number of imidazole rings is 1. The van der Waals surface area contributed by atoms with E-state index in [0.717, 1.165) is 66.5 Å². The standard InChI is InChI=1S/C24H31N5O2/c1-16(2)14-29-22(26-21-6-5-10-25-23(21)29)13-18-9-11-28(15-18)24(30)27-20-8-7-19(31-4)12-17(20)3/h5-8,10,12,16,18H,9,11,13-15H2,1-4H3,(H,27,30)/t18-/m1/s1. The van der Waals surface area contributed by atoms with Gasteiger partial charge in [0.1, 0.15) is 17.1 Å². The monoisotopic (exact) mass is 421 g/mol. The summed E-state index contributed by atoms with van der Waals surface area (Å²) < 4.78 is 7.50. The Morgan fingerprint density at radius 1 is 1.32 bits per heavy atom. The van der Waals surface area contributed by atoms with E-state index in [1.54, 1.807) is 7.11 Å². The van der Waals surface area contributed by atoms with E-state index >= 15 is 0 Å². The Morgan fingerprint density at radius 3 is 2.90 bits per heavy atom. The van der Waals surface area contributed by atoms with Crippen molar-refractivity contribution in [1.82, 2.24) is 19.4 Å². The van der Waals surface area contributed by atoms with E-state index in [-0.39, 0.29) is 6.03 Å². The highest BCUT2D eigenvalue weighted by molar-refractivity contribution is 5.90. The summed E-state index contributed by atoms with van der Waals surface area (Å²) in [6.07, 6.45) is 3.66. The molecular weight excluding hydrogens is 390 g/mol. The minimum absolute atomic E-state index is 0.0480. The summed E-state index contributed by atoms with van der Waals surface area (Å²) in [5, 5.41) is 3.05. The quantitative estimate of drug-likeness (QED) is 0.636. The summed E-state index contributed by atoms with van der Waals surface area (Å²) in [5.74, 6) is 2.76. The average Bonchev–Trinajstić information content (AvgIpc) is 3.35. The summed E-state index contributed by atoms with van der Waals surface area (Å²) in [6, 6.07) is 9.59. The molecule has 2 aromatic heterocycles. The van der Waals surface area contributed by atoms with Crippen LogP contribution in [0.4, 0.5) is 10.5 Å². The van der Waals surface area contributed by atoms with Gasteiger partial charge in [0.05, 0.1) is 7.11 Å². The third-order valence-electron chi connectivity index (χ3n) is 5.85. The first-order valence-corrected chi connectivity index (χ1v) is 10.9. The second-order valence-corrected chi connectivity index (χ2v) is 8.79. The van der Waals surface area contributed by atoms with E-state index in [9.17, 15) is 4.79 Å². The molecular formula is C24H31N5O2. The highest BCUT2D eigenvalue weighted by Crippen LogP contribution is 2.26. The molecule has 1 aromatic carbocycles. The van der Waals surface area contributed by atoms with Gasteiger partial charge in [0, 0.05) is 37.9 Å². The number of aryl methyl sites for hydroxylation is 1. The van der Waals surface area contributed by atoms with Crippen molar-refractivity contribution in [3.8, 4) is 5.75 Å². The van der Waals surface area contributed by atoms with Crippen LogP contribution < -0.4 is 10.1 Å². The van der Waals surface area contributed by atoms with E-state index in [4.69, 9.17) is 9.72 Å². The Morgan fingerprint density at radius 2 is 2.16 bits per heavy atom. The fourth-order valence-corrected chi connectivity index (χ4v) is 4.26. The molecule has 1 N–H and O–H groups in total. The van der Waals surface area contributed by atoms with Gasteiger partial charge in [-0.1, -0.05) is 13.8 Å². The Balaban J connectivity index is 1.43. The van der Waals surface area contributed by atoms with Gasteiger partial charge < -0.3 is 19.5 Å². The number of fused-ring (bicyclic) bond motifs is 1. The molecule has 1 aliphatic rings. The Kier molecular flexibility index (Phi) is 6.11. The van der Waals surface area contributed by atoms with E-state index in [2.05, 4.69) is 28.7 Å². The first kappa shape index (κ1) is 21.2. The molecule has 7 nitrogen and oxygen atoms in total. The highest BCUT2D eigenvalue weighted by Gasteiger charge is 2.28. The number of hydrogen-bond donors (Lipinski definition) is 1. The van der Waals surface area contributed by atoms with Gasteiger partial charge in [0.15, 0.2) is 5.65 Å². The van der Waals surface area contributed by atoms with E-state index in [1.807, 2.05) is 48.4 Å². The van der Waals surface area contributed by atoms with Gasteiger partial charge >= 0.3 is 6.03 Å². The number of rotatable bonds is 6. The fraction of sp³-hybridized carbons (Fsp3) is 0.458. The number of pyridine rings is 1. The molecule has 0 radical (unpaired) electrons. The number of anilines is 1. The van der Waals surface area contributed by atoms with Crippen molar-refractivity contribution in [3.63, 3.8) is 0 Å².